The Hall–Kier alpha value is -2.27. The van der Waals surface area contributed by atoms with Crippen LogP contribution in [0.15, 0.2) is 41.5 Å². The summed E-state index contributed by atoms with van der Waals surface area (Å²) in [5, 5.41) is 5.95. The van der Waals surface area contributed by atoms with Gasteiger partial charge < -0.3 is 9.88 Å². The molecule has 0 radical (unpaired) electrons. The summed E-state index contributed by atoms with van der Waals surface area (Å²) in [7, 11) is 0. The fourth-order valence-corrected chi connectivity index (χ4v) is 4.23. The second-order valence-electron chi connectivity index (χ2n) is 8.28. The molecule has 6 heteroatoms. The lowest BCUT2D eigenvalue weighted by atomic mass is 9.89. The van der Waals surface area contributed by atoms with Gasteiger partial charge in [0, 0.05) is 30.2 Å². The molecule has 0 amide bonds. The topological polar surface area (TPSA) is 53.9 Å². The number of nitrogens with zero attached hydrogens (tertiary/aromatic N) is 3. The third-order valence-corrected chi connectivity index (χ3v) is 5.79. The Bertz CT molecular complexity index is 1020. The van der Waals surface area contributed by atoms with E-state index in [1.807, 2.05) is 20.8 Å². The number of hydrogen-bond acceptors (Lipinski definition) is 3. The van der Waals surface area contributed by atoms with Crippen molar-refractivity contribution >= 4 is 28.2 Å². The Morgan fingerprint density at radius 3 is 2.59 bits per heavy atom. The van der Waals surface area contributed by atoms with Crippen molar-refractivity contribution in [2.45, 2.75) is 45.1 Å². The average Bonchev–Trinajstić information content (AvgIpc) is 3.07. The monoisotopic (exact) mass is 384 g/mol. The summed E-state index contributed by atoms with van der Waals surface area (Å²) >= 11 is 6.43. The molecule has 1 aromatic carbocycles. The normalized spacial score (nSPS) is 16.2. The quantitative estimate of drug-likeness (QED) is 0.706. The zero-order valence-corrected chi connectivity index (χ0v) is 16.8. The molecule has 0 bridgehead atoms. The van der Waals surface area contributed by atoms with Gasteiger partial charge in [0.1, 0.15) is 5.02 Å². The zero-order chi connectivity index (χ0) is 19.2. The summed E-state index contributed by atoms with van der Waals surface area (Å²) < 4.78 is 1.46. The van der Waals surface area contributed by atoms with Gasteiger partial charge in [-0.2, -0.15) is 5.10 Å². The molecule has 0 atom stereocenters. The Balaban J connectivity index is 1.55. The first kappa shape index (κ1) is 18.1. The van der Waals surface area contributed by atoms with E-state index in [1.165, 1.54) is 21.1 Å². The SMILES string of the molecule is CC(C)(C)n1ncc(N2CCC(c3c[nH]c4ccccc34)CC2)c(Cl)c1=O. The minimum Gasteiger partial charge on any atom is -0.369 e. The van der Waals surface area contributed by atoms with Crippen molar-refractivity contribution in [3.05, 3.63) is 57.6 Å². The van der Waals surface area contributed by atoms with Gasteiger partial charge in [0.05, 0.1) is 17.4 Å². The maximum Gasteiger partial charge on any atom is 0.288 e. The fraction of sp³-hybridized carbons (Fsp3) is 0.429. The number of halogens is 1. The van der Waals surface area contributed by atoms with Gasteiger partial charge in [0.25, 0.3) is 5.56 Å². The minimum atomic E-state index is -0.387. The number of aromatic nitrogens is 3. The first-order chi connectivity index (χ1) is 12.9. The van der Waals surface area contributed by atoms with Crippen LogP contribution in [0.3, 0.4) is 0 Å². The van der Waals surface area contributed by atoms with E-state index in [0.717, 1.165) is 31.6 Å². The van der Waals surface area contributed by atoms with Crippen LogP contribution in [0.4, 0.5) is 5.69 Å². The zero-order valence-electron chi connectivity index (χ0n) is 16.0. The molecule has 1 aliphatic rings. The fourth-order valence-electron chi connectivity index (χ4n) is 3.99. The van der Waals surface area contributed by atoms with Crippen LogP contribution in [0.1, 0.15) is 45.1 Å². The highest BCUT2D eigenvalue weighted by Gasteiger charge is 2.26. The van der Waals surface area contributed by atoms with Crippen LogP contribution in [-0.2, 0) is 5.54 Å². The number of H-pyrrole nitrogens is 1. The first-order valence-corrected chi connectivity index (χ1v) is 9.83. The molecule has 0 aliphatic carbocycles. The number of para-hydroxylation sites is 1. The minimum absolute atomic E-state index is 0.222. The number of benzene rings is 1. The van der Waals surface area contributed by atoms with Gasteiger partial charge in [0.15, 0.2) is 0 Å². The number of anilines is 1. The van der Waals surface area contributed by atoms with E-state index >= 15 is 0 Å². The molecule has 1 N–H and O–H groups in total. The second-order valence-corrected chi connectivity index (χ2v) is 8.66. The van der Waals surface area contributed by atoms with E-state index in [-0.39, 0.29) is 16.1 Å². The van der Waals surface area contributed by atoms with Crippen LogP contribution in [0.2, 0.25) is 5.02 Å². The molecule has 5 nitrogen and oxygen atoms in total. The molecule has 142 valence electrons. The number of nitrogens with one attached hydrogen (secondary N) is 1. The van der Waals surface area contributed by atoms with Crippen LogP contribution in [0, 0.1) is 0 Å². The number of aromatic amines is 1. The molecule has 0 unspecified atom stereocenters. The highest BCUT2D eigenvalue weighted by atomic mass is 35.5. The number of rotatable bonds is 2. The van der Waals surface area contributed by atoms with E-state index in [0.29, 0.717) is 5.92 Å². The summed E-state index contributed by atoms with van der Waals surface area (Å²) in [6.07, 6.45) is 5.94. The van der Waals surface area contributed by atoms with E-state index in [9.17, 15) is 4.79 Å². The average molecular weight is 385 g/mol. The van der Waals surface area contributed by atoms with Crippen LogP contribution < -0.4 is 10.5 Å². The summed E-state index contributed by atoms with van der Waals surface area (Å²) in [6, 6.07) is 8.44. The molecule has 2 aromatic heterocycles. The summed E-state index contributed by atoms with van der Waals surface area (Å²) in [6.45, 7) is 7.58. The Kier molecular flexibility index (Phi) is 4.50. The second kappa shape index (κ2) is 6.71. The molecule has 3 heterocycles. The summed E-state index contributed by atoms with van der Waals surface area (Å²) in [5.74, 6) is 0.513. The van der Waals surface area contributed by atoms with Crippen molar-refractivity contribution in [2.75, 3.05) is 18.0 Å². The summed E-state index contributed by atoms with van der Waals surface area (Å²) in [4.78, 5) is 18.2. The molecule has 4 rings (SSSR count). The van der Waals surface area contributed by atoms with Gasteiger partial charge >= 0.3 is 0 Å². The van der Waals surface area contributed by atoms with Crippen molar-refractivity contribution in [3.8, 4) is 0 Å². The molecular weight excluding hydrogens is 360 g/mol. The smallest absolute Gasteiger partial charge is 0.288 e. The molecule has 0 saturated carbocycles. The lowest BCUT2D eigenvalue weighted by molar-refractivity contribution is 0.337. The Morgan fingerprint density at radius 2 is 1.89 bits per heavy atom. The van der Waals surface area contributed by atoms with Crippen molar-refractivity contribution in [1.82, 2.24) is 14.8 Å². The maximum atomic E-state index is 12.6. The molecule has 1 saturated heterocycles. The van der Waals surface area contributed by atoms with Gasteiger partial charge in [-0.1, -0.05) is 29.8 Å². The molecule has 1 aliphatic heterocycles. The van der Waals surface area contributed by atoms with Crippen molar-refractivity contribution in [2.24, 2.45) is 0 Å². The number of fused-ring (bicyclic) bond motifs is 1. The number of hydrogen-bond donors (Lipinski definition) is 1. The standard InChI is InChI=1S/C21H25ClN4O/c1-21(2,3)26-20(27)19(22)18(13-24-26)25-10-8-14(9-11-25)16-12-23-17-7-5-4-6-15(16)17/h4-7,12-14,23H,8-11H2,1-3H3. The van der Waals surface area contributed by atoms with E-state index < -0.39 is 0 Å². The van der Waals surface area contributed by atoms with Crippen LogP contribution in [0.5, 0.6) is 0 Å². The number of piperidine rings is 1. The molecular formula is C21H25ClN4O. The molecule has 3 aromatic rings. The maximum absolute atomic E-state index is 12.6. The third kappa shape index (κ3) is 3.25. The molecule has 0 spiro atoms. The van der Waals surface area contributed by atoms with Gasteiger partial charge in [-0.15, -0.1) is 0 Å². The van der Waals surface area contributed by atoms with Crippen molar-refractivity contribution in [1.29, 1.82) is 0 Å². The largest absolute Gasteiger partial charge is 0.369 e. The van der Waals surface area contributed by atoms with Gasteiger partial charge in [-0.25, -0.2) is 4.68 Å². The lowest BCUT2D eigenvalue weighted by Crippen LogP contribution is -2.39. The van der Waals surface area contributed by atoms with Crippen molar-refractivity contribution < 1.29 is 0 Å². The highest BCUT2D eigenvalue weighted by Crippen LogP contribution is 2.35. The third-order valence-electron chi connectivity index (χ3n) is 5.43. The van der Waals surface area contributed by atoms with E-state index in [4.69, 9.17) is 11.6 Å². The van der Waals surface area contributed by atoms with Crippen molar-refractivity contribution in [3.63, 3.8) is 0 Å². The van der Waals surface area contributed by atoms with Gasteiger partial charge in [-0.05, 0) is 51.2 Å². The predicted octanol–water partition coefficient (Wildman–Crippen LogP) is 4.52. The predicted molar refractivity (Wildman–Crippen MR) is 111 cm³/mol. The van der Waals surface area contributed by atoms with Crippen LogP contribution in [0.25, 0.3) is 10.9 Å². The molecule has 1 fully saturated rings. The first-order valence-electron chi connectivity index (χ1n) is 9.45. The molecule has 27 heavy (non-hydrogen) atoms. The Morgan fingerprint density at radius 1 is 1.19 bits per heavy atom. The van der Waals surface area contributed by atoms with Crippen LogP contribution >= 0.6 is 11.6 Å². The van der Waals surface area contributed by atoms with E-state index in [1.54, 1.807) is 6.20 Å². The summed E-state index contributed by atoms with van der Waals surface area (Å²) in [5.41, 5.74) is 2.72. The van der Waals surface area contributed by atoms with Gasteiger partial charge in [-0.3, -0.25) is 4.79 Å². The Labute approximate surface area is 164 Å². The highest BCUT2D eigenvalue weighted by molar-refractivity contribution is 6.33. The van der Waals surface area contributed by atoms with Crippen LogP contribution in [-0.4, -0.2) is 27.9 Å². The van der Waals surface area contributed by atoms with E-state index in [2.05, 4.69) is 45.4 Å². The van der Waals surface area contributed by atoms with Gasteiger partial charge in [0.2, 0.25) is 0 Å². The lowest BCUT2D eigenvalue weighted by Gasteiger charge is -2.34.